The van der Waals surface area contributed by atoms with Crippen LogP contribution in [0.3, 0.4) is 0 Å². The summed E-state index contributed by atoms with van der Waals surface area (Å²) >= 11 is 0. The van der Waals surface area contributed by atoms with Crippen LogP contribution in [0.25, 0.3) is 22.3 Å². The van der Waals surface area contributed by atoms with E-state index in [1.54, 1.807) is 49.6 Å². The summed E-state index contributed by atoms with van der Waals surface area (Å²) in [5, 5.41) is 0.734. The van der Waals surface area contributed by atoms with E-state index >= 15 is 0 Å². The topological polar surface area (TPSA) is 132 Å². The van der Waals surface area contributed by atoms with E-state index < -0.39 is 23.9 Å². The van der Waals surface area contributed by atoms with Crippen molar-refractivity contribution in [1.82, 2.24) is 9.55 Å². The molecule has 0 saturated carbocycles. The number of hydrogen-bond donors (Lipinski definition) is 0. The number of aromatic nitrogens is 2. The Balaban J connectivity index is 1.66. The number of carbonyl (C=O) groups excluding carboxylic acids is 3. The molecule has 11 heteroatoms. The first kappa shape index (κ1) is 26.9. The highest BCUT2D eigenvalue weighted by Gasteiger charge is 2.51. The molecular formula is C29H28N2O9. The Labute approximate surface area is 229 Å². The summed E-state index contributed by atoms with van der Waals surface area (Å²) in [5.74, 6) is -0.442. The molecular weight excluding hydrogens is 520 g/mol. The minimum absolute atomic E-state index is 0.0344. The fourth-order valence-electron chi connectivity index (χ4n) is 5.23. The van der Waals surface area contributed by atoms with Gasteiger partial charge in [-0.2, -0.15) is 0 Å². The van der Waals surface area contributed by atoms with Crippen LogP contribution in [-0.2, 0) is 48.9 Å². The van der Waals surface area contributed by atoms with Crippen LogP contribution in [0.2, 0.25) is 0 Å². The molecule has 0 radical (unpaired) electrons. The number of allylic oxidation sites excluding steroid dienone is 1. The molecule has 0 bridgehead atoms. The smallest absolute Gasteiger partial charge is 0.457 e. The number of carbonyl (C=O) groups is 3. The zero-order valence-electron chi connectivity index (χ0n) is 22.4. The molecule has 0 unspecified atom stereocenters. The predicted molar refractivity (Wildman–Crippen MR) is 142 cm³/mol. The SMILES string of the molecule is C=CCc1c(OC(=O)OCC)ccc2nc3c(cc12)Cn1c-3cc2c(c1=O)COC(=O)[C@@]2(CC)OC(=O)OCC. The Hall–Kier alpha value is -4.67. The second kappa shape index (κ2) is 10.5. The highest BCUT2D eigenvalue weighted by Crippen LogP contribution is 2.41. The van der Waals surface area contributed by atoms with Crippen LogP contribution in [-0.4, -0.2) is 41.0 Å². The van der Waals surface area contributed by atoms with E-state index in [4.69, 9.17) is 28.7 Å². The fraction of sp³-hybridized carbons (Fsp3) is 0.345. The van der Waals surface area contributed by atoms with Crippen molar-refractivity contribution in [2.45, 2.75) is 52.4 Å². The van der Waals surface area contributed by atoms with Crippen molar-refractivity contribution >= 4 is 29.2 Å². The summed E-state index contributed by atoms with van der Waals surface area (Å²) in [6.45, 7) is 9.00. The van der Waals surface area contributed by atoms with Crippen LogP contribution >= 0.6 is 0 Å². The highest BCUT2D eigenvalue weighted by atomic mass is 16.7. The van der Waals surface area contributed by atoms with Gasteiger partial charge in [0.2, 0.25) is 5.60 Å². The standard InChI is InChI=1S/C29H28N2O9/c1-5-9-17-18-12-16-14-31-22(24(16)30-21(18)10-11-23(17)39-27(34)36-7-3)13-20-19(25(31)32)15-38-26(33)29(20,6-2)40-28(35)37-8-4/h5,10-13H,1,6-9,14-15H2,2-4H3/t29-/m0/s1. The molecule has 0 saturated heterocycles. The fourth-order valence-corrected chi connectivity index (χ4v) is 5.23. The van der Waals surface area contributed by atoms with Gasteiger partial charge in [0.1, 0.15) is 12.4 Å². The van der Waals surface area contributed by atoms with Crippen molar-refractivity contribution in [2.75, 3.05) is 13.2 Å². The Morgan fingerprint density at radius 3 is 2.58 bits per heavy atom. The van der Waals surface area contributed by atoms with Gasteiger partial charge in [0, 0.05) is 22.1 Å². The third-order valence-corrected chi connectivity index (χ3v) is 7.05. The lowest BCUT2D eigenvalue weighted by Crippen LogP contribution is -2.47. The number of ether oxygens (including phenoxy) is 5. The molecule has 40 heavy (non-hydrogen) atoms. The summed E-state index contributed by atoms with van der Waals surface area (Å²) in [6, 6.07) is 6.93. The summed E-state index contributed by atoms with van der Waals surface area (Å²) in [5.41, 5.74) is 1.38. The molecule has 208 valence electrons. The van der Waals surface area contributed by atoms with Gasteiger partial charge >= 0.3 is 18.3 Å². The van der Waals surface area contributed by atoms with E-state index in [1.165, 1.54) is 0 Å². The van der Waals surface area contributed by atoms with Crippen LogP contribution in [0.4, 0.5) is 9.59 Å². The zero-order valence-corrected chi connectivity index (χ0v) is 22.4. The van der Waals surface area contributed by atoms with Crippen LogP contribution in [0, 0.1) is 0 Å². The molecule has 5 rings (SSSR count). The average molecular weight is 549 g/mol. The molecule has 2 aliphatic heterocycles. The van der Waals surface area contributed by atoms with Gasteiger partial charge in [-0.15, -0.1) is 6.58 Å². The van der Waals surface area contributed by atoms with Gasteiger partial charge in [-0.3, -0.25) is 4.79 Å². The van der Waals surface area contributed by atoms with Crippen molar-refractivity contribution in [3.8, 4) is 17.1 Å². The van der Waals surface area contributed by atoms with Gasteiger partial charge in [-0.1, -0.05) is 13.0 Å². The van der Waals surface area contributed by atoms with Crippen molar-refractivity contribution in [2.24, 2.45) is 0 Å². The maximum absolute atomic E-state index is 13.7. The Morgan fingerprint density at radius 2 is 1.88 bits per heavy atom. The summed E-state index contributed by atoms with van der Waals surface area (Å²) in [4.78, 5) is 55.9. The van der Waals surface area contributed by atoms with Crippen molar-refractivity contribution in [3.63, 3.8) is 0 Å². The van der Waals surface area contributed by atoms with Crippen molar-refractivity contribution in [1.29, 1.82) is 0 Å². The molecule has 0 amide bonds. The lowest BCUT2D eigenvalue weighted by atomic mass is 9.85. The van der Waals surface area contributed by atoms with E-state index in [0.717, 1.165) is 10.9 Å². The normalized spacial score (nSPS) is 16.8. The lowest BCUT2D eigenvalue weighted by Gasteiger charge is -2.35. The van der Waals surface area contributed by atoms with E-state index in [1.807, 2.05) is 6.07 Å². The van der Waals surface area contributed by atoms with Gasteiger partial charge in [0.25, 0.3) is 5.56 Å². The number of pyridine rings is 2. The van der Waals surface area contributed by atoms with Gasteiger partial charge in [0.05, 0.1) is 42.2 Å². The first-order valence-corrected chi connectivity index (χ1v) is 13.0. The molecule has 1 aromatic carbocycles. The molecule has 3 aromatic rings. The van der Waals surface area contributed by atoms with Crippen molar-refractivity contribution in [3.05, 3.63) is 69.5 Å². The zero-order chi connectivity index (χ0) is 28.6. The first-order valence-electron chi connectivity index (χ1n) is 13.0. The van der Waals surface area contributed by atoms with E-state index in [2.05, 4.69) is 6.58 Å². The monoisotopic (exact) mass is 548 g/mol. The Kier molecular flexibility index (Phi) is 7.05. The highest BCUT2D eigenvalue weighted by molar-refractivity contribution is 5.90. The first-order chi connectivity index (χ1) is 19.3. The minimum atomic E-state index is -1.83. The molecule has 0 fully saturated rings. The minimum Gasteiger partial charge on any atom is -0.457 e. The molecule has 2 aliphatic rings. The summed E-state index contributed by atoms with van der Waals surface area (Å²) in [7, 11) is 0. The van der Waals surface area contributed by atoms with Crippen LogP contribution in [0.1, 0.15) is 49.4 Å². The van der Waals surface area contributed by atoms with Crippen LogP contribution in [0.15, 0.2) is 41.7 Å². The van der Waals surface area contributed by atoms with E-state index in [9.17, 15) is 19.2 Å². The summed E-state index contributed by atoms with van der Waals surface area (Å²) in [6.07, 6.45) is 0.282. The molecule has 0 aliphatic carbocycles. The Morgan fingerprint density at radius 1 is 1.12 bits per heavy atom. The third-order valence-electron chi connectivity index (χ3n) is 7.05. The predicted octanol–water partition coefficient (Wildman–Crippen LogP) is 4.52. The van der Waals surface area contributed by atoms with Gasteiger partial charge in [-0.05, 0) is 51.0 Å². The molecule has 2 aromatic heterocycles. The number of nitrogens with zero attached hydrogens (tertiary/aromatic N) is 2. The number of benzene rings is 1. The maximum Gasteiger partial charge on any atom is 0.513 e. The molecule has 11 nitrogen and oxygen atoms in total. The van der Waals surface area contributed by atoms with Gasteiger partial charge in [-0.25, -0.2) is 19.4 Å². The molecule has 0 N–H and O–H groups in total. The number of fused-ring (bicyclic) bond motifs is 5. The molecule has 1 atom stereocenters. The molecule has 4 heterocycles. The van der Waals surface area contributed by atoms with Gasteiger partial charge in [0.15, 0.2) is 0 Å². The quantitative estimate of drug-likeness (QED) is 0.140. The van der Waals surface area contributed by atoms with E-state index in [-0.39, 0.29) is 49.5 Å². The van der Waals surface area contributed by atoms with Crippen molar-refractivity contribution < 1.29 is 38.1 Å². The third kappa shape index (κ3) is 4.27. The average Bonchev–Trinajstić information content (AvgIpc) is 3.29. The number of cyclic esters (lactones) is 1. The number of rotatable bonds is 7. The lowest BCUT2D eigenvalue weighted by molar-refractivity contribution is -0.175. The number of hydrogen-bond acceptors (Lipinski definition) is 10. The number of esters is 1. The van der Waals surface area contributed by atoms with E-state index in [0.29, 0.717) is 34.6 Å². The summed E-state index contributed by atoms with van der Waals surface area (Å²) < 4.78 is 27.7. The second-order valence-corrected chi connectivity index (χ2v) is 9.24. The molecule has 0 spiro atoms. The van der Waals surface area contributed by atoms with Crippen LogP contribution in [0.5, 0.6) is 5.75 Å². The largest absolute Gasteiger partial charge is 0.513 e. The van der Waals surface area contributed by atoms with Crippen LogP contribution < -0.4 is 10.3 Å². The maximum atomic E-state index is 13.7. The van der Waals surface area contributed by atoms with Gasteiger partial charge < -0.3 is 28.3 Å². The second-order valence-electron chi connectivity index (χ2n) is 9.24. The Bertz CT molecular complexity index is 1620.